The van der Waals surface area contributed by atoms with Gasteiger partial charge in [-0.15, -0.1) is 11.3 Å². The van der Waals surface area contributed by atoms with Gasteiger partial charge in [-0.1, -0.05) is 69.6 Å². The molecule has 18 nitrogen and oxygen atoms in total. The number of nitrogens with zero attached hydrogens (tertiary/aromatic N) is 8. The van der Waals surface area contributed by atoms with Gasteiger partial charge < -0.3 is 39.8 Å². The molecule has 3 aromatic heterocycles. The standard InChI is InChI=1S/C63H78ClFN10O8S/c1-10-39-13-11-14-41-27-44(76)29-46(51(39)41)53-52(65)54-47(30-66-53)57(73-31-42-17-18-43(32-73)75(42)61(80)83-63(7,8)9)71-60(70-54)82-26-25-72-23-20-38(21-24-72)33-81-34-50(77)69-56(62(4,5)6)59(79)74-22-12-15-49(74)58(78)68-36(2)40-16-19-45(48(64)28-40)55-37(3)67-35-84-55/h11,13-14,16,19,27-30,35-36,38,42-43,49,56,76H,10,12,15,17-18,20-26,31-34H2,1-9H3,(H,68,78)(H,69,77). The highest BCUT2D eigenvalue weighted by molar-refractivity contribution is 7.13. The lowest BCUT2D eigenvalue weighted by Crippen LogP contribution is -2.58. The summed E-state index contributed by atoms with van der Waals surface area (Å²) < 4.78 is 35.5. The fourth-order valence-electron chi connectivity index (χ4n) is 12.4. The van der Waals surface area contributed by atoms with Crippen LogP contribution < -0.4 is 20.3 Å². The highest BCUT2D eigenvalue weighted by Crippen LogP contribution is 2.41. The molecular weight excluding hydrogens is 1110 g/mol. The van der Waals surface area contributed by atoms with Crippen LogP contribution in [0.4, 0.5) is 15.0 Å². The fraction of sp³-hybridized carbons (Fsp3) is 0.524. The molecule has 21 heteroatoms. The number of piperidine rings is 1. The molecule has 0 spiro atoms. The van der Waals surface area contributed by atoms with Crippen molar-refractivity contribution in [3.05, 3.63) is 87.9 Å². The number of phenols is 1. The van der Waals surface area contributed by atoms with Gasteiger partial charge in [-0.3, -0.25) is 29.2 Å². The summed E-state index contributed by atoms with van der Waals surface area (Å²) in [6.07, 6.45) is 6.35. The SMILES string of the molecule is CCc1cccc2cc(O)cc(-c3ncc4c(N5CC6CCC(C5)N6C(=O)OC(C)(C)C)nc(OCCN5CCC(COCC(=O)NC(C(=O)N6CCCC6C(=O)NC(C)c6ccc(-c7scnc7C)c(Cl)c6)C(C)(C)C)CC5)nc4c3F)c12. The number of phenolic OH excluding ortho intramolecular Hbond substituents is 1. The van der Waals surface area contributed by atoms with Crippen LogP contribution in [0.25, 0.3) is 43.4 Å². The molecule has 0 radical (unpaired) electrons. The third-order valence-corrected chi connectivity index (χ3v) is 18.0. The van der Waals surface area contributed by atoms with Crippen molar-refractivity contribution in [2.75, 3.05) is 64.0 Å². The van der Waals surface area contributed by atoms with Crippen molar-refractivity contribution in [1.82, 2.24) is 45.3 Å². The van der Waals surface area contributed by atoms with Crippen molar-refractivity contribution in [2.45, 2.75) is 143 Å². The average molecular weight is 1190 g/mol. The third-order valence-electron chi connectivity index (χ3n) is 16.7. The van der Waals surface area contributed by atoms with Gasteiger partial charge in [0.2, 0.25) is 17.7 Å². The van der Waals surface area contributed by atoms with Crippen LogP contribution in [0.15, 0.2) is 60.2 Å². The molecule has 3 N–H and O–H groups in total. The Hall–Kier alpha value is -6.74. The number of carbonyl (C=O) groups is 4. The number of fused-ring (bicyclic) bond motifs is 4. The second-order valence-electron chi connectivity index (χ2n) is 25.0. The van der Waals surface area contributed by atoms with Crippen LogP contribution in [0.2, 0.25) is 5.02 Å². The molecule has 5 unspecified atom stereocenters. The van der Waals surface area contributed by atoms with E-state index < -0.39 is 34.8 Å². The Balaban J connectivity index is 0.741. The lowest BCUT2D eigenvalue weighted by molar-refractivity contribution is -0.144. The maximum Gasteiger partial charge on any atom is 0.410 e. The van der Waals surface area contributed by atoms with Crippen molar-refractivity contribution in [3.63, 3.8) is 0 Å². The Morgan fingerprint density at radius 3 is 2.35 bits per heavy atom. The van der Waals surface area contributed by atoms with E-state index in [9.17, 15) is 24.3 Å². The number of halogens is 2. The number of anilines is 1. The highest BCUT2D eigenvalue weighted by atomic mass is 35.5. The molecule has 7 heterocycles. The zero-order chi connectivity index (χ0) is 59.8. The number of pyridine rings is 1. The van der Waals surface area contributed by atoms with Crippen LogP contribution in [-0.2, 0) is 30.3 Å². The maximum atomic E-state index is 17.4. The summed E-state index contributed by atoms with van der Waals surface area (Å²) in [5.41, 5.74) is 4.66. The molecular formula is C63H78ClFN10O8S. The van der Waals surface area contributed by atoms with E-state index in [-0.39, 0.29) is 78.1 Å². The summed E-state index contributed by atoms with van der Waals surface area (Å²) >= 11 is 8.24. The zero-order valence-corrected chi connectivity index (χ0v) is 51.2. The van der Waals surface area contributed by atoms with Gasteiger partial charge in [-0.05, 0) is 144 Å². The van der Waals surface area contributed by atoms with Gasteiger partial charge in [0.1, 0.15) is 53.7 Å². The van der Waals surface area contributed by atoms with E-state index in [4.69, 9.17) is 40.8 Å². The van der Waals surface area contributed by atoms with Gasteiger partial charge >= 0.3 is 12.1 Å². The fourth-order valence-corrected chi connectivity index (χ4v) is 13.6. The molecule has 448 valence electrons. The predicted octanol–water partition coefficient (Wildman–Crippen LogP) is 10.4. The quantitative estimate of drug-likeness (QED) is 0.0778. The number of benzene rings is 3. The van der Waals surface area contributed by atoms with Crippen molar-refractivity contribution in [1.29, 1.82) is 0 Å². The summed E-state index contributed by atoms with van der Waals surface area (Å²) in [7, 11) is 0. The molecule has 0 saturated carbocycles. The summed E-state index contributed by atoms with van der Waals surface area (Å²) in [6, 6.07) is 12.6. The first-order valence-corrected chi connectivity index (χ1v) is 30.7. The van der Waals surface area contributed by atoms with Crippen molar-refractivity contribution < 1.29 is 42.9 Å². The molecule has 4 aliphatic rings. The van der Waals surface area contributed by atoms with Crippen molar-refractivity contribution in [3.8, 4) is 33.5 Å². The Morgan fingerprint density at radius 2 is 1.67 bits per heavy atom. The topological polar surface area (TPSA) is 205 Å². The smallest absolute Gasteiger partial charge is 0.410 e. The molecule has 4 amide bonds. The number of carbonyl (C=O) groups excluding carboxylic acids is 4. The minimum atomic E-state index is -0.886. The summed E-state index contributed by atoms with van der Waals surface area (Å²) in [4.78, 5) is 82.5. The Morgan fingerprint density at radius 1 is 0.917 bits per heavy atom. The summed E-state index contributed by atoms with van der Waals surface area (Å²) in [6.45, 7) is 20.9. The van der Waals surface area contributed by atoms with Crippen LogP contribution in [0.5, 0.6) is 11.8 Å². The zero-order valence-electron chi connectivity index (χ0n) is 49.6. The van der Waals surface area contributed by atoms with E-state index in [0.717, 1.165) is 76.8 Å². The van der Waals surface area contributed by atoms with E-state index in [0.29, 0.717) is 73.8 Å². The number of amides is 4. The third kappa shape index (κ3) is 13.2. The maximum absolute atomic E-state index is 17.4. The lowest BCUT2D eigenvalue weighted by Gasteiger charge is -2.42. The van der Waals surface area contributed by atoms with Crippen molar-refractivity contribution >= 4 is 74.2 Å². The molecule has 4 fully saturated rings. The lowest BCUT2D eigenvalue weighted by atomic mass is 9.85. The van der Waals surface area contributed by atoms with Gasteiger partial charge in [0, 0.05) is 48.5 Å². The Labute approximate surface area is 499 Å². The monoisotopic (exact) mass is 1190 g/mol. The number of ether oxygens (including phenoxy) is 3. The van der Waals surface area contributed by atoms with Gasteiger partial charge in [0.05, 0.1) is 46.2 Å². The highest BCUT2D eigenvalue weighted by Gasteiger charge is 2.46. The molecule has 84 heavy (non-hydrogen) atoms. The molecule has 10 rings (SSSR count). The number of aryl methyl sites for hydroxylation is 2. The number of hydrogen-bond donors (Lipinski definition) is 3. The summed E-state index contributed by atoms with van der Waals surface area (Å²) in [5, 5.41) is 19.4. The number of aromatic hydroxyl groups is 1. The molecule has 0 aliphatic carbocycles. The van der Waals surface area contributed by atoms with Crippen LogP contribution in [0.3, 0.4) is 0 Å². The van der Waals surface area contributed by atoms with Crippen molar-refractivity contribution in [2.24, 2.45) is 11.3 Å². The predicted molar refractivity (Wildman–Crippen MR) is 324 cm³/mol. The van der Waals surface area contributed by atoms with E-state index in [1.807, 2.05) is 104 Å². The molecule has 4 saturated heterocycles. The van der Waals surface area contributed by atoms with Gasteiger partial charge in [-0.2, -0.15) is 9.97 Å². The van der Waals surface area contributed by atoms with E-state index >= 15 is 4.39 Å². The van der Waals surface area contributed by atoms with Crippen LogP contribution in [0, 0.1) is 24.1 Å². The number of piperazine rings is 1. The van der Waals surface area contributed by atoms with Crippen LogP contribution >= 0.6 is 22.9 Å². The molecule has 4 aliphatic heterocycles. The minimum Gasteiger partial charge on any atom is -0.508 e. The largest absolute Gasteiger partial charge is 0.508 e. The van der Waals surface area contributed by atoms with Gasteiger partial charge in [0.15, 0.2) is 5.82 Å². The molecule has 2 bridgehead atoms. The number of nitrogens with one attached hydrogen (secondary N) is 2. The Kier molecular flexibility index (Phi) is 18.0. The van der Waals surface area contributed by atoms with Gasteiger partial charge in [-0.25, -0.2) is 14.2 Å². The van der Waals surface area contributed by atoms with E-state index in [1.54, 1.807) is 28.7 Å². The number of likely N-dealkylation sites (tertiary alicyclic amines) is 2. The van der Waals surface area contributed by atoms with E-state index in [2.05, 4.69) is 25.4 Å². The number of aromatic nitrogens is 4. The second-order valence-corrected chi connectivity index (χ2v) is 26.3. The van der Waals surface area contributed by atoms with Crippen LogP contribution in [-0.4, -0.2) is 152 Å². The first-order valence-electron chi connectivity index (χ1n) is 29.5. The minimum absolute atomic E-state index is 0.00662. The number of thiazole rings is 1. The van der Waals surface area contributed by atoms with Crippen LogP contribution in [0.1, 0.15) is 117 Å². The van der Waals surface area contributed by atoms with E-state index in [1.165, 1.54) is 11.3 Å². The molecule has 5 atom stereocenters. The number of rotatable bonds is 17. The molecule has 6 aromatic rings. The molecule has 3 aromatic carbocycles. The first kappa shape index (κ1) is 60.4. The normalized spacial score (nSPS) is 19.5. The number of hydrogen-bond acceptors (Lipinski definition) is 15. The second kappa shape index (κ2) is 25.1. The summed E-state index contributed by atoms with van der Waals surface area (Å²) in [5.74, 6) is -0.951. The first-order chi connectivity index (χ1) is 40.0. The van der Waals surface area contributed by atoms with Gasteiger partial charge in [0.25, 0.3) is 0 Å². The Bertz CT molecular complexity index is 3420. The average Bonchev–Trinajstić information content (AvgIpc) is 1.48.